The van der Waals surface area contributed by atoms with Crippen molar-refractivity contribution >= 4 is 55.6 Å². The summed E-state index contributed by atoms with van der Waals surface area (Å²) >= 11 is 0.386. The molecule has 6 aromatic rings. The average molecular weight is 450 g/mol. The maximum absolute atomic E-state index is 2.40. The molecule has 144 valence electrons. The van der Waals surface area contributed by atoms with Gasteiger partial charge in [0.2, 0.25) is 0 Å². The van der Waals surface area contributed by atoms with Crippen LogP contribution >= 0.6 is 0 Å². The fourth-order valence-electron chi connectivity index (χ4n) is 5.78. The number of fused-ring (bicyclic) bond motifs is 11. The van der Waals surface area contributed by atoms with Crippen molar-refractivity contribution in [1.82, 2.24) is 4.57 Å². The third-order valence-corrected chi connectivity index (χ3v) is 9.60. The fraction of sp³-hybridized carbons (Fsp3) is 0.143. The molecule has 0 aliphatic heterocycles. The molecule has 0 saturated heterocycles. The Kier molecular flexibility index (Phi) is 3.08. The van der Waals surface area contributed by atoms with E-state index < -0.39 is 0 Å². The number of aromatic nitrogens is 1. The zero-order valence-electron chi connectivity index (χ0n) is 17.3. The van der Waals surface area contributed by atoms with Gasteiger partial charge in [-0.1, -0.05) is 0 Å². The van der Waals surface area contributed by atoms with Crippen molar-refractivity contribution in [2.24, 2.45) is 7.05 Å². The minimum atomic E-state index is 0.0298. The third-order valence-electron chi connectivity index (χ3n) is 7.22. The number of nitrogens with zero attached hydrogens (tertiary/aromatic N) is 1. The number of aryl methyl sites for hydroxylation is 1. The summed E-state index contributed by atoms with van der Waals surface area (Å²) < 4.78 is 5.43. The van der Waals surface area contributed by atoms with E-state index in [0.29, 0.717) is 14.5 Å². The summed E-state index contributed by atoms with van der Waals surface area (Å²) in [6.45, 7) is 4.74. The van der Waals surface area contributed by atoms with Crippen LogP contribution in [0.3, 0.4) is 0 Å². The Morgan fingerprint density at radius 2 is 1.40 bits per heavy atom. The van der Waals surface area contributed by atoms with Crippen LogP contribution in [0.5, 0.6) is 0 Å². The first-order chi connectivity index (χ1) is 14.6. The molecule has 0 radical (unpaired) electrons. The molecule has 7 rings (SSSR count). The molecule has 1 nitrogen and oxygen atoms in total. The maximum atomic E-state index is 2.40. The number of hydrogen-bond acceptors (Lipinski definition) is 0. The summed E-state index contributed by atoms with van der Waals surface area (Å²) in [6.07, 6.45) is 0. The van der Waals surface area contributed by atoms with Crippen molar-refractivity contribution < 1.29 is 0 Å². The second-order valence-corrected chi connectivity index (χ2v) is 11.3. The van der Waals surface area contributed by atoms with Crippen LogP contribution < -0.4 is 0 Å². The monoisotopic (exact) mass is 451 g/mol. The Balaban J connectivity index is 1.82. The molecule has 0 unspecified atom stereocenters. The van der Waals surface area contributed by atoms with Gasteiger partial charge in [-0.25, -0.2) is 0 Å². The van der Waals surface area contributed by atoms with Crippen LogP contribution in [-0.2, 0) is 12.5 Å². The van der Waals surface area contributed by atoms with Crippen molar-refractivity contribution in [2.45, 2.75) is 19.3 Å². The van der Waals surface area contributed by atoms with Gasteiger partial charge in [0.05, 0.1) is 0 Å². The summed E-state index contributed by atoms with van der Waals surface area (Å²) in [4.78, 5) is 0. The predicted octanol–water partition coefficient (Wildman–Crippen LogP) is 7.00. The van der Waals surface area contributed by atoms with E-state index in [0.717, 1.165) is 0 Å². The molecular formula is C28H21NSe. The van der Waals surface area contributed by atoms with Crippen LogP contribution in [0, 0.1) is 0 Å². The summed E-state index contributed by atoms with van der Waals surface area (Å²) in [7, 11) is 2.22. The Morgan fingerprint density at radius 3 is 2.30 bits per heavy atom. The number of hydrogen-bond donors (Lipinski definition) is 0. The first kappa shape index (κ1) is 16.9. The number of benzene rings is 4. The van der Waals surface area contributed by atoms with E-state index in [4.69, 9.17) is 0 Å². The molecule has 4 aromatic carbocycles. The quantitative estimate of drug-likeness (QED) is 0.220. The molecule has 1 aliphatic rings. The zero-order valence-corrected chi connectivity index (χ0v) is 19.0. The predicted molar refractivity (Wildman–Crippen MR) is 130 cm³/mol. The summed E-state index contributed by atoms with van der Waals surface area (Å²) in [5, 5.41) is 5.80. The topological polar surface area (TPSA) is 4.93 Å². The molecule has 0 amide bonds. The van der Waals surface area contributed by atoms with Gasteiger partial charge in [0, 0.05) is 0 Å². The SMILES string of the molecule is Cn1c2ccc3c(c2c2c4c(ccc21)[se]c1ccccc14)-c1ccccc1C3(C)C. The number of rotatable bonds is 0. The molecule has 0 bridgehead atoms. The van der Waals surface area contributed by atoms with Crippen LogP contribution in [0.15, 0.2) is 72.8 Å². The van der Waals surface area contributed by atoms with Crippen molar-refractivity contribution in [2.75, 3.05) is 0 Å². The standard InChI is InChI=1S/C28H21NSe/c1-28(2)18-10-6-4-8-16(18)24-19(28)12-13-20-26(24)27-21(29(20)3)14-15-23-25(27)17-9-5-7-11-22(17)30-23/h4-15H,1-3H3. The summed E-state index contributed by atoms with van der Waals surface area (Å²) in [5.74, 6) is 0. The van der Waals surface area contributed by atoms with E-state index in [-0.39, 0.29) is 5.41 Å². The Morgan fingerprint density at radius 1 is 0.667 bits per heavy atom. The Hall–Kier alpha value is -2.80. The fourth-order valence-corrected chi connectivity index (χ4v) is 8.12. The van der Waals surface area contributed by atoms with Gasteiger partial charge in [0.25, 0.3) is 0 Å². The van der Waals surface area contributed by atoms with E-state index in [1.165, 1.54) is 63.4 Å². The van der Waals surface area contributed by atoms with Gasteiger partial charge >= 0.3 is 182 Å². The van der Waals surface area contributed by atoms with E-state index in [9.17, 15) is 0 Å². The molecule has 1 aliphatic carbocycles. The molecule has 0 atom stereocenters. The molecule has 2 heterocycles. The normalized spacial score (nSPS) is 14.8. The third kappa shape index (κ3) is 1.85. The van der Waals surface area contributed by atoms with Crippen LogP contribution in [-0.4, -0.2) is 19.1 Å². The zero-order chi connectivity index (χ0) is 20.2. The van der Waals surface area contributed by atoms with Gasteiger partial charge in [-0.2, -0.15) is 0 Å². The van der Waals surface area contributed by atoms with Crippen molar-refractivity contribution in [3.8, 4) is 11.1 Å². The second kappa shape index (κ2) is 5.46. The van der Waals surface area contributed by atoms with E-state index in [1.807, 2.05) is 0 Å². The minimum absolute atomic E-state index is 0.0298. The summed E-state index contributed by atoms with van der Waals surface area (Å²) in [6, 6.07) is 27.5. The molecule has 2 aromatic heterocycles. The first-order valence-electron chi connectivity index (χ1n) is 10.5. The molecule has 0 saturated carbocycles. The van der Waals surface area contributed by atoms with Crippen molar-refractivity contribution in [1.29, 1.82) is 0 Å². The van der Waals surface area contributed by atoms with E-state index >= 15 is 0 Å². The van der Waals surface area contributed by atoms with Gasteiger partial charge in [-0.15, -0.1) is 0 Å². The van der Waals surface area contributed by atoms with Crippen LogP contribution in [0.2, 0.25) is 0 Å². The van der Waals surface area contributed by atoms with Crippen LogP contribution in [0.1, 0.15) is 25.0 Å². The average Bonchev–Trinajstić information content (AvgIpc) is 3.35. The van der Waals surface area contributed by atoms with Gasteiger partial charge in [-0.3, -0.25) is 0 Å². The van der Waals surface area contributed by atoms with Crippen molar-refractivity contribution in [3.05, 3.63) is 83.9 Å². The van der Waals surface area contributed by atoms with Gasteiger partial charge in [-0.05, 0) is 0 Å². The summed E-state index contributed by atoms with van der Waals surface area (Å²) in [5.41, 5.74) is 8.46. The van der Waals surface area contributed by atoms with Crippen LogP contribution in [0.4, 0.5) is 0 Å². The van der Waals surface area contributed by atoms with Gasteiger partial charge in [0.15, 0.2) is 0 Å². The molecule has 30 heavy (non-hydrogen) atoms. The first-order valence-corrected chi connectivity index (χ1v) is 12.2. The Labute approximate surface area is 181 Å². The van der Waals surface area contributed by atoms with E-state index in [2.05, 4.69) is 98.3 Å². The molecular weight excluding hydrogens is 429 g/mol. The van der Waals surface area contributed by atoms with E-state index in [1.54, 1.807) is 0 Å². The molecule has 0 fully saturated rings. The molecule has 2 heteroatoms. The van der Waals surface area contributed by atoms with Crippen molar-refractivity contribution in [3.63, 3.8) is 0 Å². The van der Waals surface area contributed by atoms with Crippen LogP contribution in [0.25, 0.3) is 52.2 Å². The second-order valence-electron chi connectivity index (χ2n) is 9.04. The van der Waals surface area contributed by atoms with Gasteiger partial charge in [0.1, 0.15) is 0 Å². The molecule has 0 spiro atoms. The van der Waals surface area contributed by atoms with Gasteiger partial charge < -0.3 is 0 Å². The molecule has 0 N–H and O–H groups in total. The Bertz CT molecular complexity index is 1680.